The fraction of sp³-hybridized carbons (Fsp3) is 0.267. The van der Waals surface area contributed by atoms with Crippen LogP contribution in [0.25, 0.3) is 0 Å². The van der Waals surface area contributed by atoms with Crippen LogP contribution >= 0.6 is 11.6 Å². The number of ketones is 1. The standard InChI is InChI=1S/C15H11ClF4O3/c1-8-12(17)5-10(6-13(8)21)22-7-9-2-3-14(11(16)4-9)23-15(18,19)20/h2-6,8H,7H2,1H3. The molecule has 1 unspecified atom stereocenters. The normalized spacial score (nSPS) is 18.3. The number of hydrogen-bond acceptors (Lipinski definition) is 3. The molecule has 0 spiro atoms. The van der Waals surface area contributed by atoms with Gasteiger partial charge in [0.25, 0.3) is 0 Å². The number of allylic oxidation sites excluding steroid dienone is 3. The molecular formula is C15H11ClF4O3. The summed E-state index contributed by atoms with van der Waals surface area (Å²) in [6.07, 6.45) is -2.58. The van der Waals surface area contributed by atoms with Crippen molar-refractivity contribution in [2.75, 3.05) is 0 Å². The highest BCUT2D eigenvalue weighted by atomic mass is 35.5. The second-order valence-electron chi connectivity index (χ2n) is 4.80. The fourth-order valence-electron chi connectivity index (χ4n) is 1.80. The molecule has 0 radical (unpaired) electrons. The molecule has 0 heterocycles. The molecule has 0 saturated carbocycles. The van der Waals surface area contributed by atoms with Crippen molar-refractivity contribution in [1.29, 1.82) is 0 Å². The lowest BCUT2D eigenvalue weighted by atomic mass is 9.99. The molecule has 23 heavy (non-hydrogen) atoms. The predicted molar refractivity (Wildman–Crippen MR) is 74.4 cm³/mol. The van der Waals surface area contributed by atoms with E-state index >= 15 is 0 Å². The number of carbonyl (C=O) groups excluding carboxylic acids is 1. The molecule has 0 amide bonds. The summed E-state index contributed by atoms with van der Waals surface area (Å²) in [7, 11) is 0. The SMILES string of the molecule is CC1C(=O)C=C(OCc2ccc(OC(F)(F)F)c(Cl)c2)C=C1F. The minimum absolute atomic E-state index is 0.0392. The maximum atomic E-state index is 13.5. The third kappa shape index (κ3) is 4.72. The van der Waals surface area contributed by atoms with Crippen LogP contribution in [0, 0.1) is 5.92 Å². The summed E-state index contributed by atoms with van der Waals surface area (Å²) in [6.45, 7) is 1.34. The molecule has 3 nitrogen and oxygen atoms in total. The van der Waals surface area contributed by atoms with Crippen LogP contribution < -0.4 is 4.74 Å². The summed E-state index contributed by atoms with van der Waals surface area (Å²) in [4.78, 5) is 11.5. The Hall–Kier alpha value is -2.02. The summed E-state index contributed by atoms with van der Waals surface area (Å²) in [5.41, 5.74) is 0.435. The first-order chi connectivity index (χ1) is 10.7. The summed E-state index contributed by atoms with van der Waals surface area (Å²) in [6, 6.07) is 3.60. The number of halogens is 5. The van der Waals surface area contributed by atoms with Crippen molar-refractivity contribution in [2.45, 2.75) is 19.9 Å². The quantitative estimate of drug-likeness (QED) is 0.738. The smallest absolute Gasteiger partial charge is 0.489 e. The van der Waals surface area contributed by atoms with Crippen molar-refractivity contribution in [1.82, 2.24) is 0 Å². The van der Waals surface area contributed by atoms with Crippen LogP contribution in [0.4, 0.5) is 17.6 Å². The van der Waals surface area contributed by atoms with Crippen molar-refractivity contribution in [2.24, 2.45) is 5.92 Å². The van der Waals surface area contributed by atoms with Gasteiger partial charge in [-0.25, -0.2) is 4.39 Å². The zero-order chi connectivity index (χ0) is 17.2. The molecule has 1 aliphatic carbocycles. The van der Waals surface area contributed by atoms with E-state index in [2.05, 4.69) is 4.74 Å². The zero-order valence-corrected chi connectivity index (χ0v) is 12.5. The van der Waals surface area contributed by atoms with Crippen LogP contribution in [0.5, 0.6) is 5.75 Å². The molecule has 1 aromatic rings. The molecule has 8 heteroatoms. The summed E-state index contributed by atoms with van der Waals surface area (Å²) >= 11 is 5.70. The van der Waals surface area contributed by atoms with Crippen molar-refractivity contribution in [3.8, 4) is 5.75 Å². The van der Waals surface area contributed by atoms with Crippen LogP contribution in [-0.4, -0.2) is 12.1 Å². The van der Waals surface area contributed by atoms with E-state index in [0.29, 0.717) is 5.56 Å². The summed E-state index contributed by atoms with van der Waals surface area (Å²) in [5.74, 6) is -2.37. The van der Waals surface area contributed by atoms with Gasteiger partial charge in [-0.1, -0.05) is 17.7 Å². The van der Waals surface area contributed by atoms with Crippen LogP contribution in [0.15, 0.2) is 41.9 Å². The average molecular weight is 351 g/mol. The van der Waals surface area contributed by atoms with Gasteiger partial charge in [-0.2, -0.15) is 0 Å². The van der Waals surface area contributed by atoms with E-state index in [1.807, 2.05) is 0 Å². The van der Waals surface area contributed by atoms with Crippen LogP contribution in [0.2, 0.25) is 5.02 Å². The van der Waals surface area contributed by atoms with Crippen LogP contribution in [-0.2, 0) is 16.1 Å². The molecule has 1 atom stereocenters. The van der Waals surface area contributed by atoms with E-state index in [-0.39, 0.29) is 17.4 Å². The Bertz CT molecular complexity index is 680. The Kier molecular flexibility index (Phi) is 4.99. The Morgan fingerprint density at radius 2 is 1.96 bits per heavy atom. The largest absolute Gasteiger partial charge is 0.573 e. The Morgan fingerprint density at radius 1 is 1.26 bits per heavy atom. The van der Waals surface area contributed by atoms with Crippen LogP contribution in [0.1, 0.15) is 12.5 Å². The second kappa shape index (κ2) is 6.62. The molecule has 2 rings (SSSR count). The maximum Gasteiger partial charge on any atom is 0.573 e. The van der Waals surface area contributed by atoms with Crippen LogP contribution in [0.3, 0.4) is 0 Å². The molecule has 124 valence electrons. The van der Waals surface area contributed by atoms with Crippen molar-refractivity contribution in [3.05, 3.63) is 52.5 Å². The van der Waals surface area contributed by atoms with Crippen molar-refractivity contribution >= 4 is 17.4 Å². The van der Waals surface area contributed by atoms with Gasteiger partial charge in [-0.15, -0.1) is 13.2 Å². The molecule has 0 saturated heterocycles. The van der Waals surface area contributed by atoms with E-state index in [1.54, 1.807) is 0 Å². The third-order valence-electron chi connectivity index (χ3n) is 3.03. The Labute approximate surface area is 134 Å². The van der Waals surface area contributed by atoms with Gasteiger partial charge in [0.15, 0.2) is 5.78 Å². The number of ether oxygens (including phenoxy) is 2. The van der Waals surface area contributed by atoms with Gasteiger partial charge in [-0.3, -0.25) is 4.79 Å². The van der Waals surface area contributed by atoms with Gasteiger partial charge < -0.3 is 9.47 Å². The van der Waals surface area contributed by atoms with Gasteiger partial charge in [-0.05, 0) is 24.6 Å². The van der Waals surface area contributed by atoms with Crippen molar-refractivity contribution < 1.29 is 31.8 Å². The minimum Gasteiger partial charge on any atom is -0.489 e. The summed E-state index contributed by atoms with van der Waals surface area (Å²) in [5, 5.41) is -0.243. The number of benzene rings is 1. The monoisotopic (exact) mass is 350 g/mol. The van der Waals surface area contributed by atoms with Gasteiger partial charge in [0.2, 0.25) is 0 Å². The predicted octanol–water partition coefficient (Wildman–Crippen LogP) is 4.71. The molecule has 0 bridgehead atoms. The van der Waals surface area contributed by atoms with E-state index in [0.717, 1.165) is 18.2 Å². The highest BCUT2D eigenvalue weighted by Gasteiger charge is 2.32. The third-order valence-corrected chi connectivity index (χ3v) is 3.33. The van der Waals surface area contributed by atoms with Crippen molar-refractivity contribution in [3.63, 3.8) is 0 Å². The molecule has 0 N–H and O–H groups in total. The molecule has 1 aliphatic rings. The van der Waals surface area contributed by atoms with E-state index in [4.69, 9.17) is 16.3 Å². The highest BCUT2D eigenvalue weighted by Crippen LogP contribution is 2.31. The van der Waals surface area contributed by atoms with E-state index < -0.39 is 29.6 Å². The zero-order valence-electron chi connectivity index (χ0n) is 11.8. The van der Waals surface area contributed by atoms with Gasteiger partial charge >= 0.3 is 6.36 Å². The highest BCUT2D eigenvalue weighted by molar-refractivity contribution is 6.32. The lowest BCUT2D eigenvalue weighted by molar-refractivity contribution is -0.274. The number of hydrogen-bond donors (Lipinski definition) is 0. The first-order valence-corrected chi connectivity index (χ1v) is 6.83. The maximum absolute atomic E-state index is 13.5. The number of alkyl halides is 3. The van der Waals surface area contributed by atoms with E-state index in [9.17, 15) is 22.4 Å². The van der Waals surface area contributed by atoms with Gasteiger partial charge in [0.05, 0.1) is 10.9 Å². The molecular weight excluding hydrogens is 340 g/mol. The topological polar surface area (TPSA) is 35.5 Å². The second-order valence-corrected chi connectivity index (χ2v) is 5.21. The lowest BCUT2D eigenvalue weighted by Gasteiger charge is -2.15. The fourth-order valence-corrected chi connectivity index (χ4v) is 2.04. The van der Waals surface area contributed by atoms with Gasteiger partial charge in [0, 0.05) is 12.2 Å². The molecule has 1 aromatic carbocycles. The average Bonchev–Trinajstić information content (AvgIpc) is 2.43. The summed E-state index contributed by atoms with van der Waals surface area (Å²) < 4.78 is 58.8. The first kappa shape index (κ1) is 17.3. The minimum atomic E-state index is -4.84. The van der Waals surface area contributed by atoms with E-state index in [1.165, 1.54) is 19.1 Å². The molecule has 0 aliphatic heterocycles. The number of rotatable bonds is 4. The molecule has 0 aromatic heterocycles. The molecule has 0 fully saturated rings. The first-order valence-electron chi connectivity index (χ1n) is 6.45. The van der Waals surface area contributed by atoms with Gasteiger partial charge in [0.1, 0.15) is 23.9 Å². The lowest BCUT2D eigenvalue weighted by Crippen LogP contribution is -2.17. The Morgan fingerprint density at radius 3 is 2.52 bits per heavy atom. The number of carbonyl (C=O) groups is 1. The Balaban J connectivity index is 2.04.